The van der Waals surface area contributed by atoms with Gasteiger partial charge in [-0.15, -0.1) is 0 Å². The van der Waals surface area contributed by atoms with Gasteiger partial charge in [-0.25, -0.2) is 9.69 Å². The van der Waals surface area contributed by atoms with Gasteiger partial charge in [0, 0.05) is 0 Å². The van der Waals surface area contributed by atoms with E-state index in [0.717, 1.165) is 10.5 Å². The number of rotatable bonds is 2. The molecule has 3 amide bonds. The number of nitrogens with one attached hydrogen (secondary N) is 1. The van der Waals surface area contributed by atoms with Crippen molar-refractivity contribution in [3.05, 3.63) is 29.8 Å². The first-order valence-electron chi connectivity index (χ1n) is 5.03. The molecule has 1 heterocycles. The lowest BCUT2D eigenvalue weighted by Crippen LogP contribution is -2.30. The van der Waals surface area contributed by atoms with Gasteiger partial charge in [0.2, 0.25) is 0 Å². The molecule has 0 unspecified atom stereocenters. The lowest BCUT2D eigenvalue weighted by Gasteiger charge is -2.12. The number of imide groups is 1. The SMILES string of the molecule is C/C(=N\O)c1ccc(N2C(=O)CNC2=O)cc1. The molecule has 0 aliphatic carbocycles. The van der Waals surface area contributed by atoms with Crippen LogP contribution in [0.15, 0.2) is 29.4 Å². The Morgan fingerprint density at radius 1 is 1.35 bits per heavy atom. The summed E-state index contributed by atoms with van der Waals surface area (Å²) in [6, 6.07) is 6.21. The van der Waals surface area contributed by atoms with E-state index in [1.165, 1.54) is 0 Å². The predicted octanol–water partition coefficient (Wildman–Crippen LogP) is 0.941. The van der Waals surface area contributed by atoms with Crippen LogP contribution in [0, 0.1) is 0 Å². The van der Waals surface area contributed by atoms with Gasteiger partial charge >= 0.3 is 6.03 Å². The summed E-state index contributed by atoms with van der Waals surface area (Å²) >= 11 is 0. The van der Waals surface area contributed by atoms with E-state index in [0.29, 0.717) is 11.4 Å². The molecule has 1 aromatic rings. The topological polar surface area (TPSA) is 82.0 Å². The normalized spacial score (nSPS) is 16.3. The van der Waals surface area contributed by atoms with Crippen LogP contribution in [0.4, 0.5) is 10.5 Å². The molecule has 6 nitrogen and oxygen atoms in total. The molecule has 0 bridgehead atoms. The summed E-state index contributed by atoms with van der Waals surface area (Å²) in [5, 5.41) is 14.1. The molecule has 1 aliphatic rings. The highest BCUT2D eigenvalue weighted by Gasteiger charge is 2.29. The van der Waals surface area contributed by atoms with E-state index in [9.17, 15) is 9.59 Å². The third kappa shape index (κ3) is 1.96. The fourth-order valence-electron chi connectivity index (χ4n) is 1.59. The van der Waals surface area contributed by atoms with Crippen molar-refractivity contribution in [2.45, 2.75) is 6.92 Å². The molecule has 1 aromatic carbocycles. The maximum Gasteiger partial charge on any atom is 0.329 e. The zero-order valence-electron chi connectivity index (χ0n) is 9.17. The van der Waals surface area contributed by atoms with Crippen molar-refractivity contribution in [3.63, 3.8) is 0 Å². The first-order chi connectivity index (χ1) is 8.13. The molecule has 6 heteroatoms. The predicted molar refractivity (Wildman–Crippen MR) is 61.3 cm³/mol. The minimum absolute atomic E-state index is 0.0255. The molecule has 0 aromatic heterocycles. The van der Waals surface area contributed by atoms with E-state index < -0.39 is 6.03 Å². The van der Waals surface area contributed by atoms with Crippen LogP contribution in [0.1, 0.15) is 12.5 Å². The highest BCUT2D eigenvalue weighted by atomic mass is 16.4. The van der Waals surface area contributed by atoms with Crippen LogP contribution in [0.3, 0.4) is 0 Å². The maximum absolute atomic E-state index is 11.4. The lowest BCUT2D eigenvalue weighted by molar-refractivity contribution is -0.115. The monoisotopic (exact) mass is 233 g/mol. The molecule has 0 saturated carbocycles. The second-order valence-electron chi connectivity index (χ2n) is 3.62. The van der Waals surface area contributed by atoms with Crippen molar-refractivity contribution in [1.29, 1.82) is 0 Å². The van der Waals surface area contributed by atoms with Crippen molar-refractivity contribution in [1.82, 2.24) is 5.32 Å². The van der Waals surface area contributed by atoms with E-state index in [4.69, 9.17) is 5.21 Å². The highest BCUT2D eigenvalue weighted by molar-refractivity contribution is 6.19. The van der Waals surface area contributed by atoms with Gasteiger partial charge in [-0.1, -0.05) is 17.3 Å². The van der Waals surface area contributed by atoms with E-state index in [-0.39, 0.29) is 12.5 Å². The summed E-state index contributed by atoms with van der Waals surface area (Å²) in [4.78, 5) is 23.9. The average Bonchev–Trinajstić information content (AvgIpc) is 2.68. The molecular weight excluding hydrogens is 222 g/mol. The molecule has 0 atom stereocenters. The van der Waals surface area contributed by atoms with Crippen molar-refractivity contribution >= 4 is 23.3 Å². The fourth-order valence-corrected chi connectivity index (χ4v) is 1.59. The molecule has 1 aliphatic heterocycles. The van der Waals surface area contributed by atoms with Crippen LogP contribution < -0.4 is 10.2 Å². The smallest absolute Gasteiger partial charge is 0.329 e. The summed E-state index contributed by atoms with van der Waals surface area (Å²) in [7, 11) is 0. The zero-order chi connectivity index (χ0) is 12.4. The minimum atomic E-state index is -0.421. The first-order valence-corrected chi connectivity index (χ1v) is 5.03. The van der Waals surface area contributed by atoms with E-state index in [1.807, 2.05) is 0 Å². The van der Waals surface area contributed by atoms with Gasteiger partial charge < -0.3 is 10.5 Å². The quantitative estimate of drug-likeness (QED) is 0.345. The number of oxime groups is 1. The van der Waals surface area contributed by atoms with Crippen molar-refractivity contribution in [2.75, 3.05) is 11.4 Å². The molecule has 2 rings (SSSR count). The molecule has 1 saturated heterocycles. The maximum atomic E-state index is 11.4. The molecule has 88 valence electrons. The number of hydrogen-bond acceptors (Lipinski definition) is 4. The summed E-state index contributed by atoms with van der Waals surface area (Å²) in [5.41, 5.74) is 1.69. The number of urea groups is 1. The van der Waals surface area contributed by atoms with Crippen molar-refractivity contribution in [3.8, 4) is 0 Å². The van der Waals surface area contributed by atoms with Crippen molar-refractivity contribution in [2.24, 2.45) is 5.16 Å². The van der Waals surface area contributed by atoms with Gasteiger partial charge in [0.25, 0.3) is 5.91 Å². The summed E-state index contributed by atoms with van der Waals surface area (Å²) in [5.74, 6) is -0.282. The second-order valence-corrected chi connectivity index (χ2v) is 3.62. The third-order valence-electron chi connectivity index (χ3n) is 2.54. The number of hydrogen-bond donors (Lipinski definition) is 2. The van der Waals surface area contributed by atoms with Gasteiger partial charge in [0.1, 0.15) is 0 Å². The Kier molecular flexibility index (Phi) is 2.78. The Hall–Kier alpha value is -2.37. The Morgan fingerprint density at radius 2 is 2.00 bits per heavy atom. The Bertz CT molecular complexity index is 477. The van der Waals surface area contributed by atoms with Crippen LogP contribution in [0.2, 0.25) is 0 Å². The molecule has 17 heavy (non-hydrogen) atoms. The zero-order valence-corrected chi connectivity index (χ0v) is 9.17. The molecule has 0 spiro atoms. The van der Waals surface area contributed by atoms with Gasteiger partial charge in [0.15, 0.2) is 0 Å². The number of benzene rings is 1. The Balaban J connectivity index is 2.29. The van der Waals surface area contributed by atoms with E-state index in [1.54, 1.807) is 31.2 Å². The molecular formula is C11H11N3O3. The van der Waals surface area contributed by atoms with Gasteiger partial charge in [-0.05, 0) is 24.6 Å². The molecule has 1 fully saturated rings. The van der Waals surface area contributed by atoms with Crippen LogP contribution in [-0.4, -0.2) is 29.4 Å². The standard InChI is InChI=1S/C11H11N3O3/c1-7(13-17)8-2-4-9(5-3-8)14-10(15)6-12-11(14)16/h2-5,17H,6H2,1H3,(H,12,16)/b13-7+. The number of anilines is 1. The molecule has 0 radical (unpaired) electrons. The van der Waals surface area contributed by atoms with Crippen LogP contribution >= 0.6 is 0 Å². The number of nitrogens with zero attached hydrogens (tertiary/aromatic N) is 2. The second kappa shape index (κ2) is 4.25. The van der Waals surface area contributed by atoms with Gasteiger partial charge in [0.05, 0.1) is 17.9 Å². The summed E-state index contributed by atoms with van der Waals surface area (Å²) < 4.78 is 0. The first kappa shape index (κ1) is 11.1. The van der Waals surface area contributed by atoms with Crippen LogP contribution in [-0.2, 0) is 4.79 Å². The number of carbonyl (C=O) groups excluding carboxylic acids is 2. The molecule has 2 N–H and O–H groups in total. The lowest BCUT2D eigenvalue weighted by atomic mass is 10.1. The summed E-state index contributed by atoms with van der Waals surface area (Å²) in [6.07, 6.45) is 0. The average molecular weight is 233 g/mol. The fraction of sp³-hybridized carbons (Fsp3) is 0.182. The number of amides is 3. The largest absolute Gasteiger partial charge is 0.411 e. The number of carbonyl (C=O) groups is 2. The van der Waals surface area contributed by atoms with E-state index >= 15 is 0 Å². The van der Waals surface area contributed by atoms with Crippen molar-refractivity contribution < 1.29 is 14.8 Å². The van der Waals surface area contributed by atoms with Crippen LogP contribution in [0.5, 0.6) is 0 Å². The Morgan fingerprint density at radius 3 is 2.47 bits per heavy atom. The van der Waals surface area contributed by atoms with Crippen LogP contribution in [0.25, 0.3) is 0 Å². The third-order valence-corrected chi connectivity index (χ3v) is 2.54. The van der Waals surface area contributed by atoms with E-state index in [2.05, 4.69) is 10.5 Å². The highest BCUT2D eigenvalue weighted by Crippen LogP contribution is 2.18. The summed E-state index contributed by atoms with van der Waals surface area (Å²) in [6.45, 7) is 1.68. The van der Waals surface area contributed by atoms with Gasteiger partial charge in [-0.3, -0.25) is 4.79 Å². The Labute approximate surface area is 97.5 Å². The van der Waals surface area contributed by atoms with Gasteiger partial charge in [-0.2, -0.15) is 0 Å². The minimum Gasteiger partial charge on any atom is -0.411 e.